The summed E-state index contributed by atoms with van der Waals surface area (Å²) in [6.45, 7) is 8.57. The van der Waals surface area contributed by atoms with E-state index in [1.807, 2.05) is 20.1 Å². The van der Waals surface area contributed by atoms with Crippen LogP contribution in [0.4, 0.5) is 0 Å². The molecule has 0 radical (unpaired) electrons. The molecule has 0 bridgehead atoms. The van der Waals surface area contributed by atoms with Gasteiger partial charge in [0.15, 0.2) is 0 Å². The van der Waals surface area contributed by atoms with Crippen LogP contribution in [0.1, 0.15) is 40.5 Å². The molecule has 0 spiro atoms. The number of rotatable bonds is 10. The van der Waals surface area contributed by atoms with Gasteiger partial charge in [0, 0.05) is 26.1 Å². The number of nitrogens with one attached hydrogen (secondary N) is 1. The van der Waals surface area contributed by atoms with Crippen molar-refractivity contribution in [2.75, 3.05) is 19.8 Å². The molecule has 0 saturated carbocycles. The molecule has 3 unspecified atom stereocenters. The molecule has 0 aromatic rings. The van der Waals surface area contributed by atoms with Crippen molar-refractivity contribution in [2.24, 2.45) is 11.8 Å². The molecular weight excluding hydrogens is 300 g/mol. The molecule has 0 aliphatic carbocycles. The van der Waals surface area contributed by atoms with Gasteiger partial charge in [0.25, 0.3) is 0 Å². The van der Waals surface area contributed by atoms with E-state index >= 15 is 0 Å². The Labute approximate surface area is 138 Å². The third-order valence-corrected chi connectivity index (χ3v) is 4.95. The topological polar surface area (TPSA) is 66.5 Å². The normalized spacial score (nSPS) is 15.0. The van der Waals surface area contributed by atoms with Gasteiger partial charge in [-0.2, -0.15) is 11.8 Å². The fourth-order valence-electron chi connectivity index (χ4n) is 2.01. The Morgan fingerprint density at radius 1 is 1.23 bits per heavy atom. The Kier molecular flexibility index (Phi) is 10.1. The van der Waals surface area contributed by atoms with E-state index in [0.29, 0.717) is 12.5 Å². The molecule has 1 N–H and O–H groups in total. The number of carbonyl (C=O) groups excluding carboxylic acids is 3. The summed E-state index contributed by atoms with van der Waals surface area (Å²) < 4.78 is 0. The summed E-state index contributed by atoms with van der Waals surface area (Å²) >= 11 is 1.36. The van der Waals surface area contributed by atoms with E-state index in [0.717, 1.165) is 12.7 Å². The standard InChI is InChI=1S/C16H30N2O3S/c1-11(2)7-9-17-15(20)12(3)13(4)18(5)16(21)14(22-6)8-10-19/h10-14H,7-9H2,1-6H3,(H,17,20). The first-order valence-corrected chi connectivity index (χ1v) is 9.05. The van der Waals surface area contributed by atoms with Crippen LogP contribution in [0.25, 0.3) is 0 Å². The van der Waals surface area contributed by atoms with Gasteiger partial charge in [0.1, 0.15) is 6.29 Å². The van der Waals surface area contributed by atoms with Crippen LogP contribution in [-0.2, 0) is 14.4 Å². The van der Waals surface area contributed by atoms with Gasteiger partial charge in [-0.3, -0.25) is 9.59 Å². The monoisotopic (exact) mass is 330 g/mol. The van der Waals surface area contributed by atoms with Crippen molar-refractivity contribution >= 4 is 29.9 Å². The molecule has 0 fully saturated rings. The Bertz CT molecular complexity index is 374. The van der Waals surface area contributed by atoms with Crippen molar-refractivity contribution in [2.45, 2.75) is 51.8 Å². The van der Waals surface area contributed by atoms with Crippen LogP contribution in [0.3, 0.4) is 0 Å². The first kappa shape index (κ1) is 21.0. The highest BCUT2D eigenvalue weighted by Crippen LogP contribution is 2.17. The number of nitrogens with zero attached hydrogens (tertiary/aromatic N) is 1. The second-order valence-corrected chi connectivity index (χ2v) is 7.12. The zero-order valence-corrected chi connectivity index (χ0v) is 15.4. The van der Waals surface area contributed by atoms with Crippen molar-refractivity contribution in [1.82, 2.24) is 10.2 Å². The highest BCUT2D eigenvalue weighted by molar-refractivity contribution is 7.99. The smallest absolute Gasteiger partial charge is 0.236 e. The molecule has 5 nitrogen and oxygen atoms in total. The van der Waals surface area contributed by atoms with Gasteiger partial charge in [-0.1, -0.05) is 20.8 Å². The molecule has 2 amide bonds. The van der Waals surface area contributed by atoms with E-state index in [1.54, 1.807) is 11.9 Å². The van der Waals surface area contributed by atoms with Crippen LogP contribution in [0.15, 0.2) is 0 Å². The molecule has 6 heteroatoms. The molecule has 0 aromatic carbocycles. The van der Waals surface area contributed by atoms with E-state index in [1.165, 1.54) is 11.8 Å². The van der Waals surface area contributed by atoms with Crippen LogP contribution < -0.4 is 5.32 Å². The van der Waals surface area contributed by atoms with E-state index < -0.39 is 0 Å². The van der Waals surface area contributed by atoms with Gasteiger partial charge in [0.05, 0.1) is 11.2 Å². The summed E-state index contributed by atoms with van der Waals surface area (Å²) in [5.41, 5.74) is 0. The van der Waals surface area contributed by atoms with Crippen LogP contribution in [0.5, 0.6) is 0 Å². The summed E-state index contributed by atoms with van der Waals surface area (Å²) in [6, 6.07) is -0.215. The maximum Gasteiger partial charge on any atom is 0.236 e. The van der Waals surface area contributed by atoms with E-state index in [2.05, 4.69) is 19.2 Å². The number of aldehydes is 1. The van der Waals surface area contributed by atoms with Gasteiger partial charge in [-0.05, 0) is 25.5 Å². The minimum absolute atomic E-state index is 0.0381. The zero-order chi connectivity index (χ0) is 17.3. The van der Waals surface area contributed by atoms with E-state index in [-0.39, 0.29) is 35.4 Å². The summed E-state index contributed by atoms with van der Waals surface area (Å²) in [4.78, 5) is 36.7. The number of hydrogen-bond acceptors (Lipinski definition) is 4. The van der Waals surface area contributed by atoms with E-state index in [9.17, 15) is 14.4 Å². The first-order chi connectivity index (χ1) is 10.3. The molecule has 0 aromatic heterocycles. The predicted octanol–water partition coefficient (Wildman–Crippen LogP) is 1.95. The van der Waals surface area contributed by atoms with Crippen LogP contribution >= 0.6 is 11.8 Å². The van der Waals surface area contributed by atoms with E-state index in [4.69, 9.17) is 0 Å². The Morgan fingerprint density at radius 2 is 1.82 bits per heavy atom. The molecule has 128 valence electrons. The van der Waals surface area contributed by atoms with Gasteiger partial charge >= 0.3 is 0 Å². The second kappa shape index (κ2) is 10.6. The lowest BCUT2D eigenvalue weighted by atomic mass is 10.0. The van der Waals surface area contributed by atoms with Gasteiger partial charge in [-0.25, -0.2) is 0 Å². The number of amides is 2. The Morgan fingerprint density at radius 3 is 2.27 bits per heavy atom. The van der Waals surface area contributed by atoms with Crippen LogP contribution in [-0.4, -0.2) is 54.1 Å². The molecule has 0 aliphatic rings. The molecule has 0 saturated heterocycles. The molecule has 0 heterocycles. The average Bonchev–Trinajstić information content (AvgIpc) is 2.49. The third-order valence-electron chi connectivity index (χ3n) is 3.99. The highest BCUT2D eigenvalue weighted by Gasteiger charge is 2.29. The number of thioether (sulfide) groups is 1. The lowest BCUT2D eigenvalue weighted by molar-refractivity contribution is -0.135. The fourth-order valence-corrected chi connectivity index (χ4v) is 2.65. The Hall–Kier alpha value is -1.04. The second-order valence-electron chi connectivity index (χ2n) is 6.08. The average molecular weight is 330 g/mol. The summed E-state index contributed by atoms with van der Waals surface area (Å²) in [5.74, 6) is 0.112. The maximum absolute atomic E-state index is 12.4. The number of hydrogen-bond donors (Lipinski definition) is 1. The molecule has 3 atom stereocenters. The van der Waals surface area contributed by atoms with Crippen molar-refractivity contribution in [1.29, 1.82) is 0 Å². The zero-order valence-electron chi connectivity index (χ0n) is 14.6. The fraction of sp³-hybridized carbons (Fsp3) is 0.812. The summed E-state index contributed by atoms with van der Waals surface area (Å²) in [5, 5.41) is 2.54. The van der Waals surface area contributed by atoms with Crippen molar-refractivity contribution in [3.63, 3.8) is 0 Å². The highest BCUT2D eigenvalue weighted by atomic mass is 32.2. The largest absolute Gasteiger partial charge is 0.356 e. The summed E-state index contributed by atoms with van der Waals surface area (Å²) in [6.07, 6.45) is 3.72. The van der Waals surface area contributed by atoms with Crippen molar-refractivity contribution < 1.29 is 14.4 Å². The molecular formula is C16H30N2O3S. The van der Waals surface area contributed by atoms with Crippen LogP contribution in [0.2, 0.25) is 0 Å². The predicted molar refractivity (Wildman–Crippen MR) is 91.8 cm³/mol. The van der Waals surface area contributed by atoms with Gasteiger partial charge < -0.3 is 15.0 Å². The minimum Gasteiger partial charge on any atom is -0.356 e. The lowest BCUT2D eigenvalue weighted by Gasteiger charge is -2.31. The quantitative estimate of drug-likeness (QED) is 0.622. The molecule has 22 heavy (non-hydrogen) atoms. The van der Waals surface area contributed by atoms with Gasteiger partial charge in [0.2, 0.25) is 11.8 Å². The first-order valence-electron chi connectivity index (χ1n) is 7.77. The molecule has 0 aliphatic heterocycles. The SMILES string of the molecule is CSC(CC=O)C(=O)N(C)C(C)C(C)C(=O)NCCC(C)C. The molecule has 0 rings (SSSR count). The maximum atomic E-state index is 12.4. The van der Waals surface area contributed by atoms with Crippen LogP contribution in [0, 0.1) is 11.8 Å². The Balaban J connectivity index is 4.58. The lowest BCUT2D eigenvalue weighted by Crippen LogP contribution is -2.47. The van der Waals surface area contributed by atoms with Gasteiger partial charge in [-0.15, -0.1) is 0 Å². The summed E-state index contributed by atoms with van der Waals surface area (Å²) in [7, 11) is 1.69. The number of carbonyl (C=O) groups is 3. The third kappa shape index (κ3) is 6.81. The van der Waals surface area contributed by atoms with Crippen molar-refractivity contribution in [3.8, 4) is 0 Å². The minimum atomic E-state index is -0.374. The van der Waals surface area contributed by atoms with Crippen molar-refractivity contribution in [3.05, 3.63) is 0 Å².